The number of nitrogens with zero attached hydrogens (tertiary/aromatic N) is 3. The Morgan fingerprint density at radius 1 is 0.978 bits per heavy atom. The molecular weight excluding hydrogens is 608 g/mol. The first-order valence-corrected chi connectivity index (χ1v) is 16.4. The molecule has 2 aromatic carbocycles. The SMILES string of the molecule is CCCCN1C(=O)[C@@H]([C@H](O)C2CCCCC2)NC(=O)C12CCN(Cc1ccc(N(C(C)=O)c3ccc(C(=O)O)cc3)cc1)CC2.Cl. The van der Waals surface area contributed by atoms with Crippen LogP contribution in [0.15, 0.2) is 48.5 Å². The number of hydrogen-bond acceptors (Lipinski definition) is 6. The Labute approximate surface area is 277 Å². The zero-order chi connectivity index (χ0) is 32.1. The van der Waals surface area contributed by atoms with Gasteiger partial charge < -0.3 is 20.4 Å². The van der Waals surface area contributed by atoms with Crippen LogP contribution in [0.4, 0.5) is 11.4 Å². The molecule has 0 radical (unpaired) electrons. The molecule has 11 heteroatoms. The zero-order valence-electron chi connectivity index (χ0n) is 26.8. The number of piperidine rings is 1. The van der Waals surface area contributed by atoms with Crippen LogP contribution in [-0.2, 0) is 20.9 Å². The normalized spacial score (nSPS) is 20.9. The van der Waals surface area contributed by atoms with E-state index in [-0.39, 0.29) is 41.6 Å². The number of carbonyl (C=O) groups excluding carboxylic acids is 3. The van der Waals surface area contributed by atoms with Gasteiger partial charge in [0.25, 0.3) is 0 Å². The standard InChI is InChI=1S/C35H46N4O6.ClH/c1-3-4-20-38-32(42)30(31(41)26-8-6-5-7-9-26)36-34(45)35(38)18-21-37(22-19-35)23-25-10-14-28(15-11-25)39(24(2)40)29-16-12-27(13-17-29)33(43)44;/h10-17,26,30-31,41H,3-9,18-23H2,1-2H3,(H,36,45)(H,43,44);1H/t30-,31-;/m1./s1. The maximum absolute atomic E-state index is 13.9. The summed E-state index contributed by atoms with van der Waals surface area (Å²) in [5.74, 6) is -1.44. The van der Waals surface area contributed by atoms with Crippen LogP contribution in [-0.4, -0.2) is 81.0 Å². The van der Waals surface area contributed by atoms with Gasteiger partial charge >= 0.3 is 5.97 Å². The van der Waals surface area contributed by atoms with Crippen LogP contribution >= 0.6 is 12.4 Å². The van der Waals surface area contributed by atoms with Gasteiger partial charge in [-0.15, -0.1) is 12.4 Å². The lowest BCUT2D eigenvalue weighted by Gasteiger charge is -2.52. The second-order valence-corrected chi connectivity index (χ2v) is 12.9. The molecule has 3 fully saturated rings. The molecule has 10 nitrogen and oxygen atoms in total. The third-order valence-electron chi connectivity index (χ3n) is 9.94. The summed E-state index contributed by atoms with van der Waals surface area (Å²) in [6.45, 7) is 6.03. The number of aromatic carboxylic acids is 1. The van der Waals surface area contributed by atoms with E-state index in [0.717, 1.165) is 50.5 Å². The van der Waals surface area contributed by atoms with Crippen LogP contribution in [0, 0.1) is 5.92 Å². The first-order valence-electron chi connectivity index (χ1n) is 16.4. The van der Waals surface area contributed by atoms with Gasteiger partial charge in [-0.2, -0.15) is 0 Å². The van der Waals surface area contributed by atoms with Crippen molar-refractivity contribution in [3.63, 3.8) is 0 Å². The molecule has 2 saturated heterocycles. The highest BCUT2D eigenvalue weighted by Gasteiger charge is 2.55. The molecule has 46 heavy (non-hydrogen) atoms. The zero-order valence-corrected chi connectivity index (χ0v) is 27.6. The summed E-state index contributed by atoms with van der Waals surface area (Å²) >= 11 is 0. The Balaban J connectivity index is 0.00000480. The number of likely N-dealkylation sites (tertiary alicyclic amines) is 1. The number of anilines is 2. The average molecular weight is 655 g/mol. The predicted molar refractivity (Wildman–Crippen MR) is 178 cm³/mol. The van der Waals surface area contributed by atoms with Crippen molar-refractivity contribution in [1.82, 2.24) is 15.1 Å². The molecular formula is C35H47ClN4O6. The lowest BCUT2D eigenvalue weighted by atomic mass is 9.78. The van der Waals surface area contributed by atoms with Crippen molar-refractivity contribution in [2.24, 2.45) is 5.92 Å². The van der Waals surface area contributed by atoms with Gasteiger partial charge in [-0.25, -0.2) is 4.79 Å². The van der Waals surface area contributed by atoms with E-state index in [2.05, 4.69) is 17.1 Å². The van der Waals surface area contributed by atoms with E-state index in [1.54, 1.807) is 21.9 Å². The molecule has 1 aliphatic carbocycles. The van der Waals surface area contributed by atoms with Gasteiger partial charge in [-0.3, -0.25) is 24.2 Å². The molecule has 5 rings (SSSR count). The molecule has 3 aliphatic rings. The Hall–Kier alpha value is -3.47. The van der Waals surface area contributed by atoms with Gasteiger partial charge in [-0.1, -0.05) is 44.7 Å². The number of benzene rings is 2. The van der Waals surface area contributed by atoms with Gasteiger partial charge in [0.05, 0.1) is 11.7 Å². The number of unbranched alkanes of at least 4 members (excludes halogenated alkanes) is 1. The summed E-state index contributed by atoms with van der Waals surface area (Å²) in [6, 6.07) is 13.0. The van der Waals surface area contributed by atoms with Crippen molar-refractivity contribution in [3.8, 4) is 0 Å². The molecule has 2 heterocycles. The molecule has 1 saturated carbocycles. The number of halogens is 1. The van der Waals surface area contributed by atoms with Gasteiger partial charge in [-0.05, 0) is 80.0 Å². The van der Waals surface area contributed by atoms with Crippen molar-refractivity contribution in [2.45, 2.75) is 95.9 Å². The fraction of sp³-hybridized carbons (Fsp3) is 0.543. The molecule has 2 atom stereocenters. The maximum atomic E-state index is 13.9. The largest absolute Gasteiger partial charge is 0.478 e. The Morgan fingerprint density at radius 2 is 1.57 bits per heavy atom. The van der Waals surface area contributed by atoms with E-state index in [0.29, 0.717) is 50.4 Å². The monoisotopic (exact) mass is 654 g/mol. The van der Waals surface area contributed by atoms with E-state index in [9.17, 15) is 29.4 Å². The summed E-state index contributed by atoms with van der Waals surface area (Å²) in [7, 11) is 0. The minimum atomic E-state index is -1.02. The van der Waals surface area contributed by atoms with E-state index in [1.807, 2.05) is 24.3 Å². The van der Waals surface area contributed by atoms with Crippen molar-refractivity contribution in [1.29, 1.82) is 0 Å². The number of amides is 3. The van der Waals surface area contributed by atoms with Crippen LogP contribution < -0.4 is 10.2 Å². The molecule has 0 bridgehead atoms. The number of nitrogens with one attached hydrogen (secondary N) is 1. The second-order valence-electron chi connectivity index (χ2n) is 12.9. The summed E-state index contributed by atoms with van der Waals surface area (Å²) in [5, 5.41) is 23.4. The number of aliphatic hydroxyl groups excluding tert-OH is 1. The van der Waals surface area contributed by atoms with Crippen molar-refractivity contribution >= 4 is 47.5 Å². The summed E-state index contributed by atoms with van der Waals surface area (Å²) in [6.07, 6.45) is 6.97. The van der Waals surface area contributed by atoms with Crippen LogP contribution in [0.5, 0.6) is 0 Å². The fourth-order valence-electron chi connectivity index (χ4n) is 7.31. The second kappa shape index (κ2) is 15.4. The number of hydrogen-bond donors (Lipinski definition) is 3. The number of carbonyl (C=O) groups is 4. The van der Waals surface area contributed by atoms with Gasteiger partial charge in [0.1, 0.15) is 11.6 Å². The van der Waals surface area contributed by atoms with Crippen LogP contribution in [0.25, 0.3) is 0 Å². The first-order chi connectivity index (χ1) is 21.6. The van der Waals surface area contributed by atoms with Crippen molar-refractivity contribution in [2.75, 3.05) is 24.5 Å². The molecule has 250 valence electrons. The Bertz CT molecular complexity index is 1370. The number of rotatable bonds is 10. The number of piperazine rings is 1. The molecule has 2 aliphatic heterocycles. The number of carboxylic acid groups (broad SMARTS) is 1. The van der Waals surface area contributed by atoms with Gasteiger partial charge in [0.15, 0.2) is 0 Å². The molecule has 2 aromatic rings. The highest BCUT2D eigenvalue weighted by molar-refractivity contribution is 6.01. The summed E-state index contributed by atoms with van der Waals surface area (Å²) < 4.78 is 0. The van der Waals surface area contributed by atoms with Crippen molar-refractivity contribution < 1.29 is 29.4 Å². The Kier molecular flexibility index (Phi) is 11.9. The lowest BCUT2D eigenvalue weighted by molar-refractivity contribution is -0.166. The predicted octanol–water partition coefficient (Wildman–Crippen LogP) is 4.89. The van der Waals surface area contributed by atoms with Crippen LogP contribution in [0.1, 0.15) is 87.6 Å². The van der Waals surface area contributed by atoms with E-state index >= 15 is 0 Å². The van der Waals surface area contributed by atoms with Crippen molar-refractivity contribution in [3.05, 3.63) is 59.7 Å². The van der Waals surface area contributed by atoms with Gasteiger partial charge in [0, 0.05) is 44.5 Å². The molecule has 0 unspecified atom stereocenters. The van der Waals surface area contributed by atoms with Crippen LogP contribution in [0.3, 0.4) is 0 Å². The Morgan fingerprint density at radius 3 is 2.11 bits per heavy atom. The third kappa shape index (κ3) is 7.40. The molecule has 3 N–H and O–H groups in total. The maximum Gasteiger partial charge on any atom is 0.335 e. The van der Waals surface area contributed by atoms with Crippen LogP contribution in [0.2, 0.25) is 0 Å². The molecule has 3 amide bonds. The quantitative estimate of drug-likeness (QED) is 0.332. The fourth-order valence-corrected chi connectivity index (χ4v) is 7.31. The summed E-state index contributed by atoms with van der Waals surface area (Å²) in [5.41, 5.74) is 1.58. The molecule has 0 aromatic heterocycles. The third-order valence-corrected chi connectivity index (χ3v) is 9.94. The van der Waals surface area contributed by atoms with E-state index in [1.165, 1.54) is 19.1 Å². The lowest BCUT2D eigenvalue weighted by Crippen LogP contribution is -2.75. The topological polar surface area (TPSA) is 130 Å². The van der Waals surface area contributed by atoms with E-state index in [4.69, 9.17) is 0 Å². The van der Waals surface area contributed by atoms with Gasteiger partial charge in [0.2, 0.25) is 17.7 Å². The summed E-state index contributed by atoms with van der Waals surface area (Å²) in [4.78, 5) is 57.0. The smallest absolute Gasteiger partial charge is 0.335 e. The number of carboxylic acids is 1. The average Bonchev–Trinajstić information content (AvgIpc) is 3.05. The minimum absolute atomic E-state index is 0. The minimum Gasteiger partial charge on any atom is -0.478 e. The number of aliphatic hydroxyl groups is 1. The highest BCUT2D eigenvalue weighted by Crippen LogP contribution is 2.37. The highest BCUT2D eigenvalue weighted by atomic mass is 35.5. The molecule has 1 spiro atoms. The first kappa shape index (κ1) is 35.4. The van der Waals surface area contributed by atoms with E-state index < -0.39 is 23.7 Å².